The van der Waals surface area contributed by atoms with Gasteiger partial charge in [-0.2, -0.15) is 0 Å². The SMILES string of the molecule is CCCCCC(CC)Nc1c(Nc2cccc(C(=O)N(C)C)c2O)c(=O)c1=O. The molecule has 0 spiro atoms. The maximum absolute atomic E-state index is 12.2. The number of benzene rings is 1. The second kappa shape index (κ2) is 9.39. The van der Waals surface area contributed by atoms with Crippen LogP contribution in [0.2, 0.25) is 0 Å². The predicted molar refractivity (Wildman–Crippen MR) is 113 cm³/mol. The molecule has 0 aliphatic rings. The third kappa shape index (κ3) is 4.52. The second-order valence-corrected chi connectivity index (χ2v) is 7.18. The van der Waals surface area contributed by atoms with Crippen LogP contribution in [-0.2, 0) is 0 Å². The van der Waals surface area contributed by atoms with Crippen LogP contribution < -0.4 is 21.5 Å². The Labute approximate surface area is 165 Å². The largest absolute Gasteiger partial charge is 0.505 e. The molecular formula is C21H29N3O4. The molecular weight excluding hydrogens is 358 g/mol. The Hall–Kier alpha value is -2.83. The van der Waals surface area contributed by atoms with Crippen LogP contribution in [0.3, 0.4) is 0 Å². The molecule has 2 rings (SSSR count). The minimum atomic E-state index is -0.630. The number of amides is 1. The number of aromatic hydroxyl groups is 1. The van der Waals surface area contributed by atoms with Crippen molar-refractivity contribution in [3.8, 4) is 5.75 Å². The first kappa shape index (κ1) is 21.5. The Bertz CT molecular complexity index is 898. The summed E-state index contributed by atoms with van der Waals surface area (Å²) in [6.07, 6.45) is 5.04. The number of hydrogen-bond acceptors (Lipinski definition) is 6. The van der Waals surface area contributed by atoms with Crippen LogP contribution in [0.1, 0.15) is 56.3 Å². The lowest BCUT2D eigenvalue weighted by molar-refractivity contribution is 0.0824. The third-order valence-corrected chi connectivity index (χ3v) is 4.84. The van der Waals surface area contributed by atoms with Gasteiger partial charge in [-0.3, -0.25) is 14.4 Å². The number of carbonyl (C=O) groups excluding carboxylic acids is 1. The molecule has 7 heteroatoms. The van der Waals surface area contributed by atoms with Crippen molar-refractivity contribution in [2.24, 2.45) is 0 Å². The van der Waals surface area contributed by atoms with Gasteiger partial charge in [0.1, 0.15) is 11.4 Å². The lowest BCUT2D eigenvalue weighted by Gasteiger charge is -2.22. The van der Waals surface area contributed by atoms with Gasteiger partial charge in [-0.1, -0.05) is 39.2 Å². The van der Waals surface area contributed by atoms with Crippen molar-refractivity contribution in [2.75, 3.05) is 24.7 Å². The summed E-state index contributed by atoms with van der Waals surface area (Å²) >= 11 is 0. The van der Waals surface area contributed by atoms with Crippen molar-refractivity contribution in [3.63, 3.8) is 0 Å². The molecule has 0 saturated carbocycles. The normalized spacial score (nSPS) is 12.0. The van der Waals surface area contributed by atoms with E-state index in [9.17, 15) is 19.5 Å². The van der Waals surface area contributed by atoms with Gasteiger partial charge in [0.15, 0.2) is 5.75 Å². The van der Waals surface area contributed by atoms with Gasteiger partial charge >= 0.3 is 0 Å². The van der Waals surface area contributed by atoms with Gasteiger partial charge in [0.05, 0.1) is 11.3 Å². The number of rotatable bonds is 10. The fourth-order valence-electron chi connectivity index (χ4n) is 3.06. The highest BCUT2D eigenvalue weighted by molar-refractivity contribution is 5.99. The molecule has 0 radical (unpaired) electrons. The number of hydrogen-bond donors (Lipinski definition) is 3. The molecule has 3 N–H and O–H groups in total. The molecule has 0 heterocycles. The van der Waals surface area contributed by atoms with Crippen molar-refractivity contribution in [1.82, 2.24) is 4.90 Å². The van der Waals surface area contributed by atoms with Crippen LogP contribution in [0, 0.1) is 0 Å². The summed E-state index contributed by atoms with van der Waals surface area (Å²) in [5.74, 6) is -0.610. The first-order chi connectivity index (χ1) is 13.3. The Morgan fingerprint density at radius 2 is 1.79 bits per heavy atom. The minimum absolute atomic E-state index is 0.102. The van der Waals surface area contributed by atoms with E-state index in [-0.39, 0.29) is 40.3 Å². The zero-order chi connectivity index (χ0) is 20.8. The van der Waals surface area contributed by atoms with Crippen molar-refractivity contribution in [2.45, 2.75) is 52.0 Å². The fraction of sp³-hybridized carbons (Fsp3) is 0.476. The van der Waals surface area contributed by atoms with Gasteiger partial charge < -0.3 is 20.6 Å². The Kier molecular flexibility index (Phi) is 7.20. The molecule has 0 bridgehead atoms. The molecule has 152 valence electrons. The average Bonchev–Trinajstić information content (AvgIpc) is 2.69. The van der Waals surface area contributed by atoms with Crippen molar-refractivity contribution in [1.29, 1.82) is 0 Å². The second-order valence-electron chi connectivity index (χ2n) is 7.18. The first-order valence-corrected chi connectivity index (χ1v) is 9.72. The van der Waals surface area contributed by atoms with Gasteiger partial charge in [-0.25, -0.2) is 0 Å². The molecule has 2 aromatic rings. The van der Waals surface area contributed by atoms with Crippen molar-refractivity contribution >= 4 is 23.0 Å². The number of carbonyl (C=O) groups is 1. The summed E-state index contributed by atoms with van der Waals surface area (Å²) in [5.41, 5.74) is -0.483. The summed E-state index contributed by atoms with van der Waals surface area (Å²) in [6, 6.07) is 4.77. The quantitative estimate of drug-likeness (QED) is 0.329. The van der Waals surface area contributed by atoms with Crippen LogP contribution in [0.25, 0.3) is 0 Å². The molecule has 0 aliphatic carbocycles. The number of para-hydroxylation sites is 1. The number of nitrogens with zero attached hydrogens (tertiary/aromatic N) is 1. The highest BCUT2D eigenvalue weighted by atomic mass is 16.3. The molecule has 2 aromatic carbocycles. The van der Waals surface area contributed by atoms with Gasteiger partial charge in [0, 0.05) is 20.1 Å². The Balaban J connectivity index is 2.24. The Morgan fingerprint density at radius 1 is 1.11 bits per heavy atom. The molecule has 1 atom stereocenters. The predicted octanol–water partition coefficient (Wildman–Crippen LogP) is 3.20. The molecule has 28 heavy (non-hydrogen) atoms. The van der Waals surface area contributed by atoms with E-state index >= 15 is 0 Å². The van der Waals surface area contributed by atoms with E-state index in [1.807, 2.05) is 6.92 Å². The summed E-state index contributed by atoms with van der Waals surface area (Å²) < 4.78 is 0. The van der Waals surface area contributed by atoms with Crippen molar-refractivity contribution < 1.29 is 9.90 Å². The van der Waals surface area contributed by atoms with E-state index in [1.54, 1.807) is 26.2 Å². The summed E-state index contributed by atoms with van der Waals surface area (Å²) in [6.45, 7) is 4.17. The maximum atomic E-state index is 12.2. The van der Waals surface area contributed by atoms with E-state index in [1.165, 1.54) is 11.0 Å². The zero-order valence-electron chi connectivity index (χ0n) is 17.0. The highest BCUT2D eigenvalue weighted by Gasteiger charge is 2.25. The maximum Gasteiger partial charge on any atom is 0.257 e. The fourth-order valence-corrected chi connectivity index (χ4v) is 3.06. The number of nitrogens with one attached hydrogen (secondary N) is 2. The minimum Gasteiger partial charge on any atom is -0.505 e. The molecule has 7 nitrogen and oxygen atoms in total. The standard InChI is InChI=1S/C21H29N3O4/c1-5-7-8-10-13(6-2)22-16-17(20(27)19(16)26)23-15-12-9-11-14(18(15)25)21(28)24(3)4/h9,11-13,22-23,25H,5-8,10H2,1-4H3. The molecule has 1 unspecified atom stereocenters. The van der Waals surface area contributed by atoms with Gasteiger partial charge in [-0.15, -0.1) is 0 Å². The van der Waals surface area contributed by atoms with Gasteiger partial charge in [0.25, 0.3) is 16.8 Å². The van der Waals surface area contributed by atoms with Crippen LogP contribution in [0.5, 0.6) is 5.75 Å². The lowest BCUT2D eigenvalue weighted by Crippen LogP contribution is -2.39. The van der Waals surface area contributed by atoms with Crippen molar-refractivity contribution in [3.05, 3.63) is 44.2 Å². The van der Waals surface area contributed by atoms with Gasteiger partial charge in [-0.05, 0) is 25.0 Å². The van der Waals surface area contributed by atoms with E-state index in [0.717, 1.165) is 32.1 Å². The Morgan fingerprint density at radius 3 is 2.39 bits per heavy atom. The molecule has 1 amide bonds. The number of unbranched alkanes of at least 4 members (excludes halogenated alkanes) is 2. The molecule has 0 aliphatic heterocycles. The summed E-state index contributed by atoms with van der Waals surface area (Å²) in [4.78, 5) is 37.7. The first-order valence-electron chi connectivity index (χ1n) is 9.72. The monoisotopic (exact) mass is 387 g/mol. The topological polar surface area (TPSA) is 98.7 Å². The van der Waals surface area contributed by atoms with Crippen LogP contribution in [-0.4, -0.2) is 36.1 Å². The zero-order valence-corrected chi connectivity index (χ0v) is 17.0. The number of phenols is 1. The van der Waals surface area contributed by atoms with Crippen LogP contribution in [0.4, 0.5) is 17.1 Å². The van der Waals surface area contributed by atoms with E-state index in [4.69, 9.17) is 0 Å². The smallest absolute Gasteiger partial charge is 0.257 e. The van der Waals surface area contributed by atoms with Crippen LogP contribution in [0.15, 0.2) is 27.8 Å². The van der Waals surface area contributed by atoms with Crippen LogP contribution >= 0.6 is 0 Å². The van der Waals surface area contributed by atoms with E-state index in [0.29, 0.717) is 0 Å². The van der Waals surface area contributed by atoms with Gasteiger partial charge in [0.2, 0.25) is 0 Å². The highest BCUT2D eigenvalue weighted by Crippen LogP contribution is 2.32. The summed E-state index contributed by atoms with van der Waals surface area (Å²) in [7, 11) is 3.17. The number of anilines is 3. The molecule has 0 fully saturated rings. The van der Waals surface area contributed by atoms with E-state index in [2.05, 4.69) is 17.6 Å². The lowest BCUT2D eigenvalue weighted by atomic mass is 10.0. The van der Waals surface area contributed by atoms with E-state index < -0.39 is 10.9 Å². The number of phenolic OH excluding ortho intramolecular Hbond substituents is 1. The molecule has 0 aromatic heterocycles. The average molecular weight is 387 g/mol. The molecule has 0 saturated heterocycles. The summed E-state index contributed by atoms with van der Waals surface area (Å²) in [5, 5.41) is 16.4. The third-order valence-electron chi connectivity index (χ3n) is 4.84.